The number of methoxy groups -OCH3 is 1. The molecule has 0 aromatic heterocycles. The Hall–Kier alpha value is -1.13. The van der Waals surface area contributed by atoms with E-state index < -0.39 is 0 Å². The van der Waals surface area contributed by atoms with Crippen LogP contribution in [-0.2, 0) is 5.75 Å². The molecule has 2 rings (SSSR count). The van der Waals surface area contributed by atoms with Crippen molar-refractivity contribution in [2.75, 3.05) is 7.11 Å². The van der Waals surface area contributed by atoms with Crippen LogP contribution in [0.2, 0.25) is 0 Å². The number of hydrogen-bond acceptors (Lipinski definition) is 3. The van der Waals surface area contributed by atoms with Crippen molar-refractivity contribution in [1.29, 1.82) is 0 Å². The van der Waals surface area contributed by atoms with Crippen LogP contribution in [0, 0.1) is 0 Å². The van der Waals surface area contributed by atoms with Crippen molar-refractivity contribution in [2.45, 2.75) is 10.6 Å². The quantitative estimate of drug-likeness (QED) is 0.842. The second kappa shape index (κ2) is 6.16. The van der Waals surface area contributed by atoms with Crippen molar-refractivity contribution in [3.8, 4) is 11.5 Å². The molecule has 0 spiro atoms. The standard InChI is InChI=1S/C14H13BrO2S/c1-17-14-6-5-11(15)7-10(14)9-18-13-4-2-3-12(16)8-13/h2-8,16H,9H2,1H3. The molecular formula is C14H13BrO2S. The molecule has 1 N–H and O–H groups in total. The highest BCUT2D eigenvalue weighted by Crippen LogP contribution is 2.31. The van der Waals surface area contributed by atoms with Crippen molar-refractivity contribution >= 4 is 27.7 Å². The van der Waals surface area contributed by atoms with Crippen LogP contribution < -0.4 is 4.74 Å². The maximum Gasteiger partial charge on any atom is 0.122 e. The van der Waals surface area contributed by atoms with Gasteiger partial charge in [-0.25, -0.2) is 0 Å². The summed E-state index contributed by atoms with van der Waals surface area (Å²) >= 11 is 5.12. The lowest BCUT2D eigenvalue weighted by Gasteiger charge is -2.09. The summed E-state index contributed by atoms with van der Waals surface area (Å²) in [6.45, 7) is 0. The number of hydrogen-bond donors (Lipinski definition) is 1. The van der Waals surface area contributed by atoms with Crippen LogP contribution >= 0.6 is 27.7 Å². The zero-order valence-corrected chi connectivity index (χ0v) is 12.3. The molecule has 4 heteroatoms. The highest BCUT2D eigenvalue weighted by atomic mass is 79.9. The Morgan fingerprint density at radius 3 is 2.78 bits per heavy atom. The average molecular weight is 325 g/mol. The highest BCUT2D eigenvalue weighted by Gasteiger charge is 2.05. The molecule has 2 aromatic carbocycles. The van der Waals surface area contributed by atoms with Crippen molar-refractivity contribution in [1.82, 2.24) is 0 Å². The van der Waals surface area contributed by atoms with E-state index in [2.05, 4.69) is 22.0 Å². The number of rotatable bonds is 4. The predicted molar refractivity (Wildman–Crippen MR) is 78.4 cm³/mol. The van der Waals surface area contributed by atoms with E-state index in [1.807, 2.05) is 24.3 Å². The first kappa shape index (κ1) is 13.3. The smallest absolute Gasteiger partial charge is 0.122 e. The molecule has 0 radical (unpaired) electrons. The number of thioether (sulfide) groups is 1. The van der Waals surface area contributed by atoms with Gasteiger partial charge in [0.05, 0.1) is 7.11 Å². The molecule has 0 saturated carbocycles. The van der Waals surface area contributed by atoms with Gasteiger partial charge in [0.1, 0.15) is 11.5 Å². The van der Waals surface area contributed by atoms with Crippen molar-refractivity contribution in [3.05, 3.63) is 52.5 Å². The monoisotopic (exact) mass is 324 g/mol. The number of phenols is 1. The fourth-order valence-corrected chi connectivity index (χ4v) is 2.93. The number of aromatic hydroxyl groups is 1. The zero-order valence-electron chi connectivity index (χ0n) is 9.89. The minimum absolute atomic E-state index is 0.293. The Labute approximate surface area is 119 Å². The molecule has 0 aliphatic carbocycles. The van der Waals surface area contributed by atoms with Crippen LogP contribution in [0.5, 0.6) is 11.5 Å². The van der Waals surface area contributed by atoms with Gasteiger partial charge in [0.15, 0.2) is 0 Å². The number of benzene rings is 2. The van der Waals surface area contributed by atoms with Gasteiger partial charge >= 0.3 is 0 Å². The molecular weight excluding hydrogens is 312 g/mol. The average Bonchev–Trinajstić information content (AvgIpc) is 2.37. The number of ether oxygens (including phenoxy) is 1. The summed E-state index contributed by atoms with van der Waals surface area (Å²) in [5.41, 5.74) is 1.13. The second-order valence-electron chi connectivity index (χ2n) is 3.74. The third kappa shape index (κ3) is 3.43. The Morgan fingerprint density at radius 1 is 1.22 bits per heavy atom. The zero-order chi connectivity index (χ0) is 13.0. The summed E-state index contributed by atoms with van der Waals surface area (Å²) in [7, 11) is 1.67. The van der Waals surface area contributed by atoms with E-state index in [-0.39, 0.29) is 0 Å². The van der Waals surface area contributed by atoms with E-state index >= 15 is 0 Å². The van der Waals surface area contributed by atoms with Gasteiger partial charge in [-0.3, -0.25) is 0 Å². The minimum atomic E-state index is 0.293. The van der Waals surface area contributed by atoms with Crippen molar-refractivity contribution < 1.29 is 9.84 Å². The molecule has 0 amide bonds. The molecule has 0 aliphatic heterocycles. The molecule has 2 nitrogen and oxygen atoms in total. The van der Waals surface area contributed by atoms with Gasteiger partial charge in [0.2, 0.25) is 0 Å². The first-order valence-electron chi connectivity index (χ1n) is 5.43. The van der Waals surface area contributed by atoms with Gasteiger partial charge < -0.3 is 9.84 Å². The van der Waals surface area contributed by atoms with Crippen molar-refractivity contribution in [2.24, 2.45) is 0 Å². The Kier molecular flexibility index (Phi) is 4.55. The second-order valence-corrected chi connectivity index (χ2v) is 5.71. The van der Waals surface area contributed by atoms with E-state index in [1.54, 1.807) is 31.0 Å². The van der Waals surface area contributed by atoms with E-state index in [0.29, 0.717) is 5.75 Å². The fraction of sp³-hybridized carbons (Fsp3) is 0.143. The molecule has 0 unspecified atom stereocenters. The topological polar surface area (TPSA) is 29.5 Å². The third-order valence-electron chi connectivity index (χ3n) is 2.45. The highest BCUT2D eigenvalue weighted by molar-refractivity contribution is 9.10. The van der Waals surface area contributed by atoms with Crippen LogP contribution in [0.4, 0.5) is 0 Å². The van der Waals surface area contributed by atoms with E-state index in [4.69, 9.17) is 4.74 Å². The van der Waals surface area contributed by atoms with Crippen molar-refractivity contribution in [3.63, 3.8) is 0 Å². The van der Waals surface area contributed by atoms with Crippen LogP contribution in [0.3, 0.4) is 0 Å². The minimum Gasteiger partial charge on any atom is -0.508 e. The maximum absolute atomic E-state index is 9.41. The number of phenolic OH excluding ortho intramolecular Hbond substituents is 1. The van der Waals surface area contributed by atoms with Crippen LogP contribution in [0.25, 0.3) is 0 Å². The van der Waals surface area contributed by atoms with Gasteiger partial charge in [-0.1, -0.05) is 22.0 Å². The third-order valence-corrected chi connectivity index (χ3v) is 3.99. The van der Waals surface area contributed by atoms with Gasteiger partial charge in [-0.15, -0.1) is 11.8 Å². The van der Waals surface area contributed by atoms with E-state index in [9.17, 15) is 5.11 Å². The normalized spacial score (nSPS) is 10.3. The summed E-state index contributed by atoms with van der Waals surface area (Å²) in [6.07, 6.45) is 0. The lowest BCUT2D eigenvalue weighted by Crippen LogP contribution is -1.90. The van der Waals surface area contributed by atoms with Gasteiger partial charge in [-0.05, 0) is 36.4 Å². The first-order valence-corrected chi connectivity index (χ1v) is 7.21. The van der Waals surface area contributed by atoms with Crippen LogP contribution in [0.1, 0.15) is 5.56 Å². The predicted octanol–water partition coefficient (Wildman–Crippen LogP) is 4.46. The summed E-state index contributed by atoms with van der Waals surface area (Å²) in [5, 5.41) is 9.41. The summed E-state index contributed by atoms with van der Waals surface area (Å²) in [6, 6.07) is 13.2. The summed E-state index contributed by atoms with van der Waals surface area (Å²) in [5.74, 6) is 1.97. The Balaban J connectivity index is 2.12. The molecule has 18 heavy (non-hydrogen) atoms. The maximum atomic E-state index is 9.41. The lowest BCUT2D eigenvalue weighted by molar-refractivity contribution is 0.411. The molecule has 0 atom stereocenters. The van der Waals surface area contributed by atoms with Crippen LogP contribution in [0.15, 0.2) is 51.8 Å². The molecule has 0 bridgehead atoms. The SMILES string of the molecule is COc1ccc(Br)cc1CSc1cccc(O)c1. The Morgan fingerprint density at radius 2 is 2.06 bits per heavy atom. The lowest BCUT2D eigenvalue weighted by atomic mass is 10.2. The van der Waals surface area contributed by atoms with E-state index in [0.717, 1.165) is 26.4 Å². The molecule has 0 heterocycles. The van der Waals surface area contributed by atoms with E-state index in [1.165, 1.54) is 0 Å². The van der Waals surface area contributed by atoms with Gasteiger partial charge in [-0.2, -0.15) is 0 Å². The molecule has 0 fully saturated rings. The summed E-state index contributed by atoms with van der Waals surface area (Å²) in [4.78, 5) is 1.04. The first-order chi connectivity index (χ1) is 8.69. The largest absolute Gasteiger partial charge is 0.508 e. The molecule has 94 valence electrons. The number of halogens is 1. The molecule has 0 saturated heterocycles. The Bertz CT molecular complexity index is 543. The molecule has 2 aromatic rings. The van der Waals surface area contributed by atoms with Crippen LogP contribution in [-0.4, -0.2) is 12.2 Å². The fourth-order valence-electron chi connectivity index (χ4n) is 1.59. The summed E-state index contributed by atoms with van der Waals surface area (Å²) < 4.78 is 6.37. The van der Waals surface area contributed by atoms with Gasteiger partial charge in [0.25, 0.3) is 0 Å². The molecule has 0 aliphatic rings. The van der Waals surface area contributed by atoms with Gasteiger partial charge in [0, 0.05) is 20.7 Å².